The van der Waals surface area contributed by atoms with Crippen LogP contribution in [-0.4, -0.2) is 0 Å². The summed E-state index contributed by atoms with van der Waals surface area (Å²) in [5.74, 6) is -2.67. The van der Waals surface area contributed by atoms with Gasteiger partial charge in [-0.05, 0) is 214 Å². The zero-order valence-electron chi connectivity index (χ0n) is 86.4. The summed E-state index contributed by atoms with van der Waals surface area (Å²) < 4.78 is 164. The second kappa shape index (κ2) is 35.4. The summed E-state index contributed by atoms with van der Waals surface area (Å²) in [6.45, 7) is 39.2. The average Bonchev–Trinajstić information content (AvgIpc) is 0.500. The van der Waals surface area contributed by atoms with Crippen molar-refractivity contribution >= 4 is 0 Å². The predicted octanol–water partition coefficient (Wildman–Crippen LogP) is 23.2. The van der Waals surface area contributed by atoms with E-state index in [4.69, 9.17) is 26.0 Å². The van der Waals surface area contributed by atoms with Gasteiger partial charge in [-0.1, -0.05) is 207 Å². The number of aromatic nitrogens is 5. The number of nitrogens with zero attached hydrogens (tertiary/aromatic N) is 5. The molecule has 5 nitrogen and oxygen atoms in total. The molecule has 10 aromatic rings. The Kier molecular flexibility index (Phi) is 20.2. The molecule has 10 rings (SSSR count). The third kappa shape index (κ3) is 23.2. The van der Waals surface area contributed by atoms with Gasteiger partial charge in [0.1, 0.15) is 35.2 Å². The van der Waals surface area contributed by atoms with Crippen molar-refractivity contribution in [3.05, 3.63) is 265 Å². The van der Waals surface area contributed by atoms with E-state index < -0.39 is 79.5 Å². The van der Waals surface area contributed by atoms with Gasteiger partial charge in [0.25, 0.3) is 0 Å². The summed E-state index contributed by atoms with van der Waals surface area (Å²) >= 11 is 0. The first kappa shape index (κ1) is 58.3. The van der Waals surface area contributed by atoms with Crippen LogP contribution < -0.4 is 22.8 Å². The van der Waals surface area contributed by atoms with E-state index in [1.54, 1.807) is 59.3 Å². The van der Waals surface area contributed by atoms with E-state index in [-0.39, 0.29) is 5.56 Å². The van der Waals surface area contributed by atoms with Crippen molar-refractivity contribution in [2.24, 2.45) is 51.5 Å². The molecule has 0 N–H and O–H groups in total. The van der Waals surface area contributed by atoms with E-state index in [9.17, 15) is 0 Å². The predicted molar refractivity (Wildman–Crippen MR) is 438 cm³/mol. The van der Waals surface area contributed by atoms with Gasteiger partial charge in [0.2, 0.25) is 28.5 Å². The van der Waals surface area contributed by atoms with Crippen LogP contribution in [0.25, 0.3) is 56.3 Å². The molecule has 5 heteroatoms. The maximum Gasteiger partial charge on any atom is 0.212 e. The lowest BCUT2D eigenvalue weighted by Gasteiger charge is -2.24. The molecule has 0 unspecified atom stereocenters. The zero-order valence-corrected chi connectivity index (χ0v) is 67.4. The molecule has 5 aromatic carbocycles. The Bertz CT molecular complexity index is 5310. The van der Waals surface area contributed by atoms with E-state index in [2.05, 4.69) is 91.7 Å². The van der Waals surface area contributed by atoms with Crippen molar-refractivity contribution in [2.75, 3.05) is 0 Å². The molecule has 0 atom stereocenters. The second-order valence-corrected chi connectivity index (χ2v) is 31.7. The van der Waals surface area contributed by atoms with Crippen molar-refractivity contribution < 1.29 is 48.9 Å². The number of hydrogen-bond acceptors (Lipinski definition) is 0. The lowest BCUT2D eigenvalue weighted by atomic mass is 9.81. The number of rotatable bonds is 12. The highest BCUT2D eigenvalue weighted by Crippen LogP contribution is 2.34. The maximum absolute atomic E-state index is 8.96. The smallest absolute Gasteiger partial charge is 0.201 e. The Morgan fingerprint density at radius 3 is 1.04 bits per heavy atom. The quantitative estimate of drug-likeness (QED) is 0.109. The normalized spacial score (nSPS) is 15.6. The fourth-order valence-electron chi connectivity index (χ4n) is 12.5. The minimum absolute atomic E-state index is 0.257. The van der Waals surface area contributed by atoms with Crippen molar-refractivity contribution in [2.45, 2.75) is 229 Å². The summed E-state index contributed by atoms with van der Waals surface area (Å²) in [5, 5.41) is 0. The topological polar surface area (TPSA) is 19.4 Å². The van der Waals surface area contributed by atoms with Crippen molar-refractivity contribution in [3.63, 3.8) is 0 Å². The SMILES string of the molecule is [2H]C(C)(C)c1c[n+](C)c(-c2ccccc2C)cc1C.[2H]C(C)(C)c1cc(-c2ccccc2C)[n+](C)cc1C([2H])(C)C.[2H]C([2H])([2H])c1ccc(-c2cc(C([2H])([2H])C(C)(C)C)c(C([2H])([2H])C(C)(C)C)c[n+]2C)c(C)c1.[2H]C([2H])([2H])c1ccc(-c2cc(C)c(C([2H])([2H])C(C)(C)C)c[n+]2C)c(C)c1.[2H]C([2H])([2H])c1ccc(-c2ccc(C([2H])(C)C)c[n+]2C)c(C)c1. The maximum atomic E-state index is 8.96. The molecule has 102 heavy (non-hydrogen) atoms. The molecule has 542 valence electrons. The molecule has 0 bridgehead atoms. The van der Waals surface area contributed by atoms with E-state index in [1.165, 1.54) is 33.5 Å². The minimum atomic E-state index is -2.20. The molecule has 0 aliphatic heterocycles. The number of benzene rings is 5. The monoisotopic (exact) mass is 1390 g/mol. The lowest BCUT2D eigenvalue weighted by Crippen LogP contribution is -2.33. The summed E-state index contributed by atoms with van der Waals surface area (Å²) in [4.78, 5) is 0. The largest absolute Gasteiger partial charge is 0.212 e. The fraction of sp³-hybridized carbons (Fsp3) is 0.433. The summed E-state index contributed by atoms with van der Waals surface area (Å²) in [7, 11) is 9.72. The molecular weight excluding hydrogens is 1240 g/mol. The summed E-state index contributed by atoms with van der Waals surface area (Å²) in [6, 6.07) is 44.0. The molecule has 0 aliphatic rings. The highest BCUT2D eigenvalue weighted by Gasteiger charge is 2.26. The van der Waals surface area contributed by atoms with Crippen LogP contribution in [-0.2, 0) is 54.4 Å². The fourth-order valence-corrected chi connectivity index (χ4v) is 12.5. The molecule has 5 heterocycles. The van der Waals surface area contributed by atoms with Gasteiger partial charge in [0, 0.05) is 112 Å². The standard InChI is InChI=1S/C24H36N.C20H28N.C19H26N.2C17H22N/c1-17-10-11-21(18(2)12-17)22-13-19(14-23(3,4)5)20(16-25(22)9)15-24(6,7)8;1-14-8-9-18(16(3)10-14)19-11-15(2)17(13-21(19)7)12-20(4,5)6;1-13(2)17-11-19(16-10-8-7-9-15(16)5)20(6)12-18(17)14(3)4;1-12(2)15-7-9-17(18(5)11-15)16-8-6-13(3)10-14(16)4;1-12(2)16-11-18(5)17(10-14(16)4)15-9-7-6-8-13(15)3/h10-13,16H,14-15H2,1-9H3;8-11,13H,12H2,1-7H3;7-14H,1-6H3;2*6-12H,1-5H3/q5*+1/i1D3,14D2,15D2;1D3,12D2;13D,14D;3D3,12D;12D. The molecule has 0 spiro atoms. The van der Waals surface area contributed by atoms with E-state index in [0.717, 1.165) is 78.3 Å². The summed E-state index contributed by atoms with van der Waals surface area (Å²) in [6.07, 6.45) is 4.55. The third-order valence-electron chi connectivity index (χ3n) is 17.7. The van der Waals surface area contributed by atoms with E-state index in [1.807, 2.05) is 244 Å². The van der Waals surface area contributed by atoms with Crippen molar-refractivity contribution in [1.29, 1.82) is 0 Å². The van der Waals surface area contributed by atoms with Crippen LogP contribution in [0.5, 0.6) is 0 Å². The minimum Gasteiger partial charge on any atom is -0.201 e. The van der Waals surface area contributed by atoms with E-state index >= 15 is 0 Å². The molecule has 0 radical (unpaired) electrons. The molecule has 0 amide bonds. The second-order valence-electron chi connectivity index (χ2n) is 31.7. The van der Waals surface area contributed by atoms with Crippen LogP contribution in [0.1, 0.15) is 262 Å². The lowest BCUT2D eigenvalue weighted by molar-refractivity contribution is -0.661. The van der Waals surface area contributed by atoms with Crippen LogP contribution in [0.2, 0.25) is 0 Å². The van der Waals surface area contributed by atoms with Gasteiger partial charge in [-0.2, -0.15) is 0 Å². The van der Waals surface area contributed by atoms with Gasteiger partial charge >= 0.3 is 0 Å². The Labute approximate surface area is 648 Å². The van der Waals surface area contributed by atoms with Crippen molar-refractivity contribution in [1.82, 2.24) is 0 Å². The molecule has 5 aromatic heterocycles. The Morgan fingerprint density at radius 2 is 0.647 bits per heavy atom. The number of pyridine rings is 5. The highest BCUT2D eigenvalue weighted by molar-refractivity contribution is 5.66. The highest BCUT2D eigenvalue weighted by atomic mass is 14.9. The first-order valence-corrected chi connectivity index (χ1v) is 35.7. The number of hydrogen-bond donors (Lipinski definition) is 0. The van der Waals surface area contributed by atoms with Gasteiger partial charge in [-0.25, -0.2) is 22.8 Å². The molecule has 0 saturated carbocycles. The Hall–Kier alpha value is -8.15. The van der Waals surface area contributed by atoms with Gasteiger partial charge < -0.3 is 0 Å². The first-order chi connectivity index (χ1) is 54.6. The van der Waals surface area contributed by atoms with Gasteiger partial charge in [0.05, 0.1) is 0 Å². The molecule has 0 saturated heterocycles. The Balaban J connectivity index is 0.000000237. The van der Waals surface area contributed by atoms with Crippen molar-refractivity contribution in [3.8, 4) is 56.3 Å². The first-order valence-electron chi connectivity index (χ1n) is 45.2. The molecule has 0 fully saturated rings. The van der Waals surface area contributed by atoms with Gasteiger partial charge in [0.15, 0.2) is 31.0 Å². The van der Waals surface area contributed by atoms with Crippen LogP contribution in [0.15, 0.2) is 171 Å². The molecular formula is C97H134N5+5. The van der Waals surface area contributed by atoms with Gasteiger partial charge in [-0.3, -0.25) is 0 Å². The van der Waals surface area contributed by atoms with Crippen LogP contribution in [0.4, 0.5) is 0 Å². The molecule has 0 aliphatic carbocycles. The van der Waals surface area contributed by atoms with E-state index in [0.29, 0.717) is 33.5 Å². The zero-order chi connectivity index (χ0) is 92.8. The average molecular weight is 1390 g/mol. The van der Waals surface area contributed by atoms with Crippen LogP contribution in [0, 0.1) is 85.3 Å². The van der Waals surface area contributed by atoms with Gasteiger partial charge in [-0.15, -0.1) is 0 Å². The summed E-state index contributed by atoms with van der Waals surface area (Å²) in [5.41, 5.74) is 21.3. The van der Waals surface area contributed by atoms with Crippen LogP contribution in [0.3, 0.4) is 0 Å². The Morgan fingerprint density at radius 1 is 0.304 bits per heavy atom. The number of aryl methyl sites for hydroxylation is 15. The van der Waals surface area contributed by atoms with Crippen LogP contribution >= 0.6 is 0 Å². The third-order valence-corrected chi connectivity index (χ3v) is 17.7.